The van der Waals surface area contributed by atoms with Gasteiger partial charge in [0.25, 0.3) is 0 Å². The van der Waals surface area contributed by atoms with Gasteiger partial charge >= 0.3 is 0 Å². The van der Waals surface area contributed by atoms with Crippen molar-refractivity contribution in [1.29, 1.82) is 0 Å². The average molecular weight is 273 g/mol. The van der Waals surface area contributed by atoms with Crippen LogP contribution in [0.4, 0.5) is 5.82 Å². The van der Waals surface area contributed by atoms with Crippen molar-refractivity contribution in [1.82, 2.24) is 9.78 Å². The minimum absolute atomic E-state index is 0.158. The number of rotatable bonds is 3. The average Bonchev–Trinajstić information content (AvgIpc) is 2.71. The fraction of sp³-hybridized carbons (Fsp3) is 0.750. The number of aryl methyl sites for hydroxylation is 1. The van der Waals surface area contributed by atoms with Crippen molar-refractivity contribution in [3.63, 3.8) is 0 Å². The number of carbonyl (C=O) groups is 1. The number of nitrogens with zero attached hydrogens (tertiary/aromatic N) is 2. The molecule has 108 valence electrons. The smallest absolute Gasteiger partial charge is 0.226 e. The SMILES string of the molecule is Cn1ccc(NC(=O)CC23CC4CC(CC(C4)C2)C3)n1. The molecule has 0 aliphatic heterocycles. The monoisotopic (exact) mass is 273 g/mol. The second kappa shape index (κ2) is 4.34. The summed E-state index contributed by atoms with van der Waals surface area (Å²) in [5.74, 6) is 3.56. The molecule has 4 nitrogen and oxygen atoms in total. The molecule has 1 aromatic rings. The zero-order valence-corrected chi connectivity index (χ0v) is 12.1. The van der Waals surface area contributed by atoms with Crippen molar-refractivity contribution in [2.45, 2.75) is 44.9 Å². The van der Waals surface area contributed by atoms with Gasteiger partial charge in [-0.2, -0.15) is 5.10 Å². The highest BCUT2D eigenvalue weighted by Gasteiger charge is 2.51. The third-order valence-corrected chi connectivity index (χ3v) is 5.68. The Kier molecular flexibility index (Phi) is 2.69. The van der Waals surface area contributed by atoms with Crippen LogP contribution in [-0.4, -0.2) is 15.7 Å². The van der Waals surface area contributed by atoms with Crippen LogP contribution in [0.1, 0.15) is 44.9 Å². The van der Waals surface area contributed by atoms with Gasteiger partial charge in [-0.3, -0.25) is 9.48 Å². The third-order valence-electron chi connectivity index (χ3n) is 5.68. The Labute approximate surface area is 119 Å². The van der Waals surface area contributed by atoms with E-state index in [1.807, 2.05) is 19.3 Å². The van der Waals surface area contributed by atoms with Crippen LogP contribution in [-0.2, 0) is 11.8 Å². The third kappa shape index (κ3) is 2.15. The zero-order valence-electron chi connectivity index (χ0n) is 12.1. The summed E-state index contributed by atoms with van der Waals surface area (Å²) in [6.07, 6.45) is 10.7. The van der Waals surface area contributed by atoms with Gasteiger partial charge in [0.05, 0.1) is 0 Å². The number of carbonyl (C=O) groups excluding carboxylic acids is 1. The number of amides is 1. The van der Waals surface area contributed by atoms with Gasteiger partial charge < -0.3 is 5.32 Å². The normalized spacial score (nSPS) is 38.1. The van der Waals surface area contributed by atoms with E-state index in [9.17, 15) is 4.79 Å². The van der Waals surface area contributed by atoms with E-state index in [0.29, 0.717) is 17.7 Å². The zero-order chi connectivity index (χ0) is 13.7. The van der Waals surface area contributed by atoms with Crippen molar-refractivity contribution < 1.29 is 4.79 Å². The number of hydrogen-bond donors (Lipinski definition) is 1. The molecule has 1 aromatic heterocycles. The number of hydrogen-bond acceptors (Lipinski definition) is 2. The standard InChI is InChI=1S/C16H23N3O/c1-19-3-2-14(18-19)17-15(20)10-16-7-11-4-12(8-16)6-13(5-11)9-16/h2-3,11-13H,4-10H2,1H3,(H,17,18,20). The van der Waals surface area contributed by atoms with Gasteiger partial charge in [-0.1, -0.05) is 0 Å². The largest absolute Gasteiger partial charge is 0.309 e. The molecule has 1 heterocycles. The summed E-state index contributed by atoms with van der Waals surface area (Å²) in [6.45, 7) is 0. The molecule has 4 fully saturated rings. The first kappa shape index (κ1) is 12.4. The van der Waals surface area contributed by atoms with Crippen LogP contribution in [0.25, 0.3) is 0 Å². The number of anilines is 1. The summed E-state index contributed by atoms with van der Waals surface area (Å²) in [7, 11) is 1.87. The molecule has 0 radical (unpaired) electrons. The fourth-order valence-corrected chi connectivity index (χ4v) is 5.52. The number of aromatic nitrogens is 2. The lowest BCUT2D eigenvalue weighted by molar-refractivity contribution is -0.124. The van der Waals surface area contributed by atoms with E-state index in [2.05, 4.69) is 10.4 Å². The van der Waals surface area contributed by atoms with Crippen LogP contribution in [0.5, 0.6) is 0 Å². The Morgan fingerprint density at radius 2 is 1.90 bits per heavy atom. The molecule has 0 unspecified atom stereocenters. The van der Waals surface area contributed by atoms with E-state index in [0.717, 1.165) is 17.8 Å². The summed E-state index contributed by atoms with van der Waals surface area (Å²) >= 11 is 0. The second-order valence-corrected chi connectivity index (χ2v) is 7.52. The van der Waals surface area contributed by atoms with Gasteiger partial charge in [-0.05, 0) is 61.7 Å². The topological polar surface area (TPSA) is 46.9 Å². The van der Waals surface area contributed by atoms with Crippen molar-refractivity contribution in [2.75, 3.05) is 5.32 Å². The molecule has 1 N–H and O–H groups in total. The van der Waals surface area contributed by atoms with Gasteiger partial charge in [-0.25, -0.2) is 0 Å². The van der Waals surface area contributed by atoms with Gasteiger partial charge in [0.2, 0.25) is 5.91 Å². The van der Waals surface area contributed by atoms with Crippen LogP contribution >= 0.6 is 0 Å². The Hall–Kier alpha value is -1.32. The highest BCUT2D eigenvalue weighted by atomic mass is 16.1. The van der Waals surface area contributed by atoms with Gasteiger partial charge in [0.1, 0.15) is 0 Å². The second-order valence-electron chi connectivity index (χ2n) is 7.52. The fourth-order valence-electron chi connectivity index (χ4n) is 5.52. The maximum atomic E-state index is 12.3. The molecule has 0 saturated heterocycles. The summed E-state index contributed by atoms with van der Waals surface area (Å²) < 4.78 is 1.72. The summed E-state index contributed by atoms with van der Waals surface area (Å²) in [5, 5.41) is 7.20. The van der Waals surface area contributed by atoms with E-state index >= 15 is 0 Å². The first-order chi connectivity index (χ1) is 9.60. The van der Waals surface area contributed by atoms with Crippen molar-refractivity contribution in [3.8, 4) is 0 Å². The Morgan fingerprint density at radius 3 is 2.40 bits per heavy atom. The summed E-state index contributed by atoms with van der Waals surface area (Å²) in [4.78, 5) is 12.3. The van der Waals surface area contributed by atoms with Gasteiger partial charge in [0, 0.05) is 25.7 Å². The molecular weight excluding hydrogens is 250 g/mol. The lowest BCUT2D eigenvalue weighted by atomic mass is 9.49. The molecule has 4 bridgehead atoms. The maximum Gasteiger partial charge on any atom is 0.226 e. The van der Waals surface area contributed by atoms with Gasteiger partial charge in [-0.15, -0.1) is 0 Å². The molecule has 0 atom stereocenters. The predicted molar refractivity (Wildman–Crippen MR) is 77.1 cm³/mol. The first-order valence-electron chi connectivity index (χ1n) is 7.90. The Balaban J connectivity index is 1.44. The Bertz CT molecular complexity index is 498. The quantitative estimate of drug-likeness (QED) is 0.920. The minimum Gasteiger partial charge on any atom is -0.309 e. The minimum atomic E-state index is 0.158. The molecule has 1 amide bonds. The highest BCUT2D eigenvalue weighted by Crippen LogP contribution is 2.61. The molecular formula is C16H23N3O. The maximum absolute atomic E-state index is 12.3. The van der Waals surface area contributed by atoms with E-state index in [-0.39, 0.29) is 5.91 Å². The van der Waals surface area contributed by atoms with E-state index < -0.39 is 0 Å². The molecule has 4 aliphatic carbocycles. The van der Waals surface area contributed by atoms with E-state index in [1.54, 1.807) is 4.68 Å². The molecule has 0 aromatic carbocycles. The lowest BCUT2D eigenvalue weighted by Gasteiger charge is -2.56. The van der Waals surface area contributed by atoms with Crippen LogP contribution in [0.3, 0.4) is 0 Å². The van der Waals surface area contributed by atoms with Crippen molar-refractivity contribution in [2.24, 2.45) is 30.2 Å². The van der Waals surface area contributed by atoms with Crippen LogP contribution in [0, 0.1) is 23.2 Å². The number of nitrogens with one attached hydrogen (secondary N) is 1. The van der Waals surface area contributed by atoms with Crippen molar-refractivity contribution >= 4 is 11.7 Å². The summed E-state index contributed by atoms with van der Waals surface area (Å²) in [5.41, 5.74) is 0.313. The lowest BCUT2D eigenvalue weighted by Crippen LogP contribution is -2.47. The first-order valence-corrected chi connectivity index (χ1v) is 7.90. The molecule has 4 aliphatic rings. The molecule has 4 heteroatoms. The van der Waals surface area contributed by atoms with E-state index in [1.165, 1.54) is 38.5 Å². The molecule has 5 rings (SSSR count). The molecule has 20 heavy (non-hydrogen) atoms. The van der Waals surface area contributed by atoms with E-state index in [4.69, 9.17) is 0 Å². The van der Waals surface area contributed by atoms with Gasteiger partial charge in [0.15, 0.2) is 5.82 Å². The predicted octanol–water partition coefficient (Wildman–Crippen LogP) is 2.97. The van der Waals surface area contributed by atoms with Crippen LogP contribution in [0.15, 0.2) is 12.3 Å². The molecule has 4 saturated carbocycles. The molecule has 0 spiro atoms. The highest BCUT2D eigenvalue weighted by molar-refractivity contribution is 5.90. The van der Waals surface area contributed by atoms with Crippen molar-refractivity contribution in [3.05, 3.63) is 12.3 Å². The van der Waals surface area contributed by atoms with Crippen LogP contribution < -0.4 is 5.32 Å². The van der Waals surface area contributed by atoms with Crippen LogP contribution in [0.2, 0.25) is 0 Å². The Morgan fingerprint density at radius 1 is 1.30 bits per heavy atom. The summed E-state index contributed by atoms with van der Waals surface area (Å²) in [6, 6.07) is 1.86.